The van der Waals surface area contributed by atoms with Crippen molar-refractivity contribution in [1.82, 2.24) is 14.7 Å². The molecule has 21 heavy (non-hydrogen) atoms. The van der Waals surface area contributed by atoms with E-state index in [4.69, 9.17) is 0 Å². The van der Waals surface area contributed by atoms with Crippen molar-refractivity contribution in [1.29, 1.82) is 0 Å². The molecule has 1 aliphatic heterocycles. The third-order valence-corrected chi connectivity index (χ3v) is 4.14. The van der Waals surface area contributed by atoms with E-state index >= 15 is 0 Å². The molecule has 1 heterocycles. The van der Waals surface area contributed by atoms with Crippen LogP contribution in [0.15, 0.2) is 30.3 Å². The first-order valence-corrected chi connectivity index (χ1v) is 7.43. The van der Waals surface area contributed by atoms with Gasteiger partial charge in [0.15, 0.2) is 0 Å². The number of benzene rings is 1. The molecule has 0 spiro atoms. The summed E-state index contributed by atoms with van der Waals surface area (Å²) < 4.78 is 0. The van der Waals surface area contributed by atoms with Crippen LogP contribution in [-0.2, 0) is 16.1 Å². The van der Waals surface area contributed by atoms with Crippen molar-refractivity contribution in [2.75, 3.05) is 26.8 Å². The maximum Gasteiger partial charge on any atom is 0.243 e. The number of carbonyl (C=O) groups excluding carboxylic acids is 2. The molecule has 1 aliphatic carbocycles. The van der Waals surface area contributed by atoms with Crippen LogP contribution in [0, 0.1) is 0 Å². The predicted octanol–water partition coefficient (Wildman–Crippen LogP) is 0.909. The van der Waals surface area contributed by atoms with Crippen molar-refractivity contribution in [2.24, 2.45) is 0 Å². The lowest BCUT2D eigenvalue weighted by Gasteiger charge is -2.21. The zero-order valence-electron chi connectivity index (χ0n) is 12.4. The maximum absolute atomic E-state index is 12.2. The largest absolute Gasteiger partial charge is 0.319 e. The van der Waals surface area contributed by atoms with Gasteiger partial charge in [0.25, 0.3) is 0 Å². The molecule has 1 aromatic carbocycles. The molecule has 0 radical (unpaired) electrons. The Morgan fingerprint density at radius 3 is 2.67 bits per heavy atom. The molecule has 0 bridgehead atoms. The molecule has 2 fully saturated rings. The van der Waals surface area contributed by atoms with Gasteiger partial charge in [-0.1, -0.05) is 30.3 Å². The molecule has 1 saturated heterocycles. The van der Waals surface area contributed by atoms with Gasteiger partial charge in [-0.15, -0.1) is 0 Å². The Labute approximate surface area is 125 Å². The first kappa shape index (κ1) is 14.1. The highest BCUT2D eigenvalue weighted by Crippen LogP contribution is 2.25. The van der Waals surface area contributed by atoms with Crippen molar-refractivity contribution < 1.29 is 9.59 Å². The molecule has 5 nitrogen and oxygen atoms in total. The van der Waals surface area contributed by atoms with Gasteiger partial charge in [-0.2, -0.15) is 0 Å². The standard InChI is InChI=1S/C16H21N3O2/c1-17(14-7-8-14)10-15(20)19-11-16(21)18(12-19)9-13-5-3-2-4-6-13/h2-6,14H,7-12H2,1H3. The molecule has 0 unspecified atom stereocenters. The minimum Gasteiger partial charge on any atom is -0.319 e. The fraction of sp³-hybridized carbons (Fsp3) is 0.500. The van der Waals surface area contributed by atoms with Crippen LogP contribution in [0.4, 0.5) is 0 Å². The Hall–Kier alpha value is -1.88. The van der Waals surface area contributed by atoms with Gasteiger partial charge in [0.2, 0.25) is 11.8 Å². The Morgan fingerprint density at radius 1 is 1.29 bits per heavy atom. The summed E-state index contributed by atoms with van der Waals surface area (Å²) in [5.41, 5.74) is 1.09. The average Bonchev–Trinajstić information content (AvgIpc) is 3.26. The van der Waals surface area contributed by atoms with Gasteiger partial charge in [0.1, 0.15) is 6.54 Å². The number of carbonyl (C=O) groups is 2. The van der Waals surface area contributed by atoms with Crippen LogP contribution in [0.5, 0.6) is 0 Å². The number of hydrogen-bond acceptors (Lipinski definition) is 3. The molecular weight excluding hydrogens is 266 g/mol. The molecular formula is C16H21N3O2. The van der Waals surface area contributed by atoms with Crippen molar-refractivity contribution in [2.45, 2.75) is 25.4 Å². The number of hydrogen-bond donors (Lipinski definition) is 0. The van der Waals surface area contributed by atoms with Crippen LogP contribution in [0.25, 0.3) is 0 Å². The normalized spacial score (nSPS) is 18.7. The number of amides is 2. The van der Waals surface area contributed by atoms with E-state index in [1.165, 1.54) is 12.8 Å². The van der Waals surface area contributed by atoms with E-state index in [0.29, 0.717) is 25.8 Å². The van der Waals surface area contributed by atoms with E-state index in [1.807, 2.05) is 37.4 Å². The van der Waals surface area contributed by atoms with E-state index < -0.39 is 0 Å². The minimum absolute atomic E-state index is 0.0290. The van der Waals surface area contributed by atoms with Crippen LogP contribution < -0.4 is 0 Å². The van der Waals surface area contributed by atoms with Gasteiger partial charge >= 0.3 is 0 Å². The Bertz CT molecular complexity index is 528. The second-order valence-corrected chi connectivity index (χ2v) is 5.96. The van der Waals surface area contributed by atoms with Crippen LogP contribution in [0.1, 0.15) is 18.4 Å². The Kier molecular flexibility index (Phi) is 3.92. The predicted molar refractivity (Wildman–Crippen MR) is 79.2 cm³/mol. The van der Waals surface area contributed by atoms with Crippen LogP contribution >= 0.6 is 0 Å². The highest BCUT2D eigenvalue weighted by Gasteiger charge is 2.33. The zero-order valence-corrected chi connectivity index (χ0v) is 12.4. The topological polar surface area (TPSA) is 43.9 Å². The van der Waals surface area contributed by atoms with E-state index in [-0.39, 0.29) is 18.4 Å². The van der Waals surface area contributed by atoms with E-state index in [2.05, 4.69) is 4.90 Å². The van der Waals surface area contributed by atoms with Crippen LogP contribution in [-0.4, -0.2) is 59.4 Å². The second kappa shape index (κ2) is 5.85. The van der Waals surface area contributed by atoms with Crippen LogP contribution in [0.3, 0.4) is 0 Å². The third kappa shape index (κ3) is 3.42. The van der Waals surface area contributed by atoms with Gasteiger partial charge in [-0.3, -0.25) is 14.5 Å². The van der Waals surface area contributed by atoms with Gasteiger partial charge < -0.3 is 9.80 Å². The SMILES string of the molecule is CN(CC(=O)N1CC(=O)N(Cc2ccccc2)C1)C1CC1. The minimum atomic E-state index is 0.0290. The molecule has 1 saturated carbocycles. The monoisotopic (exact) mass is 287 g/mol. The lowest BCUT2D eigenvalue weighted by molar-refractivity contribution is -0.132. The van der Waals surface area contributed by atoms with Crippen molar-refractivity contribution in [3.8, 4) is 0 Å². The van der Waals surface area contributed by atoms with Gasteiger partial charge in [0, 0.05) is 12.6 Å². The van der Waals surface area contributed by atoms with Gasteiger partial charge in [-0.05, 0) is 25.5 Å². The molecule has 2 aliphatic rings. The first-order chi connectivity index (χ1) is 10.1. The Balaban J connectivity index is 1.55. The highest BCUT2D eigenvalue weighted by molar-refractivity contribution is 5.88. The van der Waals surface area contributed by atoms with Crippen LogP contribution in [0.2, 0.25) is 0 Å². The summed E-state index contributed by atoms with van der Waals surface area (Å²) in [6.07, 6.45) is 2.37. The summed E-state index contributed by atoms with van der Waals surface area (Å²) in [4.78, 5) is 29.8. The maximum atomic E-state index is 12.2. The average molecular weight is 287 g/mol. The summed E-state index contributed by atoms with van der Waals surface area (Å²) in [5, 5.41) is 0. The van der Waals surface area contributed by atoms with Crippen molar-refractivity contribution in [3.05, 3.63) is 35.9 Å². The first-order valence-electron chi connectivity index (χ1n) is 7.43. The third-order valence-electron chi connectivity index (χ3n) is 4.14. The highest BCUT2D eigenvalue weighted by atomic mass is 16.2. The van der Waals surface area contributed by atoms with Gasteiger partial charge in [0.05, 0.1) is 13.2 Å². The van der Waals surface area contributed by atoms with Gasteiger partial charge in [-0.25, -0.2) is 0 Å². The molecule has 0 N–H and O–H groups in total. The summed E-state index contributed by atoms with van der Waals surface area (Å²) in [6.45, 7) is 1.61. The number of likely N-dealkylation sites (N-methyl/N-ethyl adjacent to an activating group) is 1. The summed E-state index contributed by atoms with van der Waals surface area (Å²) in [6, 6.07) is 10.4. The van der Waals surface area contributed by atoms with E-state index in [0.717, 1.165) is 5.56 Å². The molecule has 1 aromatic rings. The smallest absolute Gasteiger partial charge is 0.243 e. The molecule has 0 aromatic heterocycles. The molecule has 5 heteroatoms. The quantitative estimate of drug-likeness (QED) is 0.808. The fourth-order valence-corrected chi connectivity index (χ4v) is 2.66. The van der Waals surface area contributed by atoms with E-state index in [1.54, 1.807) is 9.80 Å². The molecule has 3 rings (SSSR count). The summed E-state index contributed by atoms with van der Waals surface area (Å²) >= 11 is 0. The summed E-state index contributed by atoms with van der Waals surface area (Å²) in [7, 11) is 1.98. The zero-order chi connectivity index (χ0) is 14.8. The number of rotatable bonds is 5. The molecule has 2 amide bonds. The lowest BCUT2D eigenvalue weighted by Crippen LogP contribution is -2.39. The lowest BCUT2D eigenvalue weighted by atomic mass is 10.2. The second-order valence-electron chi connectivity index (χ2n) is 5.96. The van der Waals surface area contributed by atoms with E-state index in [9.17, 15) is 9.59 Å². The summed E-state index contributed by atoms with van der Waals surface area (Å²) in [5.74, 6) is 0.0783. The fourth-order valence-electron chi connectivity index (χ4n) is 2.66. The van der Waals surface area contributed by atoms with Crippen molar-refractivity contribution >= 4 is 11.8 Å². The van der Waals surface area contributed by atoms with Crippen molar-refractivity contribution in [3.63, 3.8) is 0 Å². The molecule has 0 atom stereocenters. The number of nitrogens with zero attached hydrogens (tertiary/aromatic N) is 3. The Morgan fingerprint density at radius 2 is 2.00 bits per heavy atom. The molecule has 112 valence electrons.